The summed E-state index contributed by atoms with van der Waals surface area (Å²) in [6.07, 6.45) is 0. The third-order valence-corrected chi connectivity index (χ3v) is 6.28. The molecule has 2 aromatic carbocycles. The van der Waals surface area contributed by atoms with Crippen LogP contribution in [0.4, 0.5) is 10.1 Å². The minimum absolute atomic E-state index is 0.0712. The van der Waals surface area contributed by atoms with E-state index < -0.39 is 11.7 Å². The number of ether oxygens (including phenoxy) is 1. The van der Waals surface area contributed by atoms with E-state index in [1.165, 1.54) is 12.1 Å². The van der Waals surface area contributed by atoms with Crippen molar-refractivity contribution in [2.24, 2.45) is 0 Å². The van der Waals surface area contributed by atoms with E-state index in [2.05, 4.69) is 10.4 Å². The molecule has 0 aliphatic rings. The number of benzene rings is 2. The normalized spacial score (nSPS) is 11.0. The molecule has 0 saturated heterocycles. The molecule has 1 N–H and O–H groups in total. The maximum atomic E-state index is 13.3. The van der Waals surface area contributed by atoms with Crippen LogP contribution < -0.4 is 10.1 Å². The summed E-state index contributed by atoms with van der Waals surface area (Å²) in [6, 6.07) is 12.5. The number of rotatable bonds is 7. The van der Waals surface area contributed by atoms with Crippen molar-refractivity contribution in [1.29, 1.82) is 0 Å². The molecule has 0 fully saturated rings. The van der Waals surface area contributed by atoms with Crippen LogP contribution in [0.15, 0.2) is 52.9 Å². The first-order valence-corrected chi connectivity index (χ1v) is 11.3. The molecule has 176 valence electrons. The second-order valence-electron chi connectivity index (χ2n) is 7.50. The number of anilines is 1. The number of hydrogen-bond acceptors (Lipinski definition) is 4. The van der Waals surface area contributed by atoms with Crippen molar-refractivity contribution < 1.29 is 18.3 Å². The highest BCUT2D eigenvalue weighted by atomic mass is 35.5. The minimum Gasteiger partial charge on any atom is -0.484 e. The second-order valence-corrected chi connectivity index (χ2v) is 8.69. The lowest BCUT2D eigenvalue weighted by Gasteiger charge is -2.08. The van der Waals surface area contributed by atoms with E-state index in [4.69, 9.17) is 44.0 Å². The molecule has 0 unspecified atom stereocenters. The minimum atomic E-state index is -0.433. The molecular weight excluding hydrogens is 504 g/mol. The van der Waals surface area contributed by atoms with Gasteiger partial charge in [-0.05, 0) is 55.8 Å². The zero-order valence-electron chi connectivity index (χ0n) is 18.2. The van der Waals surface area contributed by atoms with Gasteiger partial charge in [0.1, 0.15) is 29.0 Å². The van der Waals surface area contributed by atoms with Gasteiger partial charge in [0, 0.05) is 5.02 Å². The number of furan rings is 1. The van der Waals surface area contributed by atoms with Crippen molar-refractivity contribution in [3.8, 4) is 5.75 Å². The van der Waals surface area contributed by atoms with Gasteiger partial charge in [0.15, 0.2) is 5.76 Å². The maximum Gasteiger partial charge on any atom is 0.291 e. The van der Waals surface area contributed by atoms with E-state index >= 15 is 0 Å². The zero-order chi connectivity index (χ0) is 24.4. The summed E-state index contributed by atoms with van der Waals surface area (Å²) in [4.78, 5) is 12.8. The number of halogens is 4. The highest BCUT2D eigenvalue weighted by Gasteiger charge is 2.19. The monoisotopic (exact) mass is 521 g/mol. The molecule has 0 bridgehead atoms. The smallest absolute Gasteiger partial charge is 0.291 e. The largest absolute Gasteiger partial charge is 0.484 e. The van der Waals surface area contributed by atoms with E-state index in [9.17, 15) is 9.18 Å². The van der Waals surface area contributed by atoms with Crippen LogP contribution in [0.5, 0.6) is 5.75 Å². The second kappa shape index (κ2) is 10.1. The van der Waals surface area contributed by atoms with Crippen molar-refractivity contribution in [3.63, 3.8) is 0 Å². The topological polar surface area (TPSA) is 69.3 Å². The van der Waals surface area contributed by atoms with E-state index in [1.807, 2.05) is 6.92 Å². The Balaban J connectivity index is 1.44. The van der Waals surface area contributed by atoms with Gasteiger partial charge in [-0.1, -0.05) is 46.9 Å². The molecule has 4 aromatic rings. The number of aryl methyl sites for hydroxylation is 1. The first-order chi connectivity index (χ1) is 16.2. The maximum absolute atomic E-state index is 13.3. The Bertz CT molecular complexity index is 1370. The van der Waals surface area contributed by atoms with Crippen LogP contribution in [-0.2, 0) is 13.2 Å². The van der Waals surface area contributed by atoms with E-state index in [0.29, 0.717) is 50.1 Å². The Labute approximate surface area is 210 Å². The number of carbonyl (C=O) groups excluding carboxylic acids is 1. The predicted octanol–water partition coefficient (Wildman–Crippen LogP) is 7.07. The zero-order valence-corrected chi connectivity index (χ0v) is 20.4. The lowest BCUT2D eigenvalue weighted by atomic mass is 10.2. The van der Waals surface area contributed by atoms with Gasteiger partial charge in [0.05, 0.1) is 28.6 Å². The molecular formula is C24H19Cl3FN3O3. The van der Waals surface area contributed by atoms with Crippen molar-refractivity contribution in [1.82, 2.24) is 9.78 Å². The van der Waals surface area contributed by atoms with Crippen LogP contribution in [0.2, 0.25) is 15.1 Å². The van der Waals surface area contributed by atoms with Crippen molar-refractivity contribution in [3.05, 3.63) is 97.9 Å². The van der Waals surface area contributed by atoms with Gasteiger partial charge in [-0.25, -0.2) is 4.39 Å². The van der Waals surface area contributed by atoms with Crippen LogP contribution in [0, 0.1) is 19.7 Å². The Kier molecular flexibility index (Phi) is 7.16. The molecule has 2 heterocycles. The quantitative estimate of drug-likeness (QED) is 0.282. The SMILES string of the molecule is Cc1nn(Cc2ccc(F)cc2Cl)c(C)c1NC(=O)c1ccc(COc2cccc(Cl)c2Cl)o1. The van der Waals surface area contributed by atoms with Gasteiger partial charge in [0.25, 0.3) is 5.91 Å². The number of nitrogens with one attached hydrogen (secondary N) is 1. The molecule has 6 nitrogen and oxygen atoms in total. The van der Waals surface area contributed by atoms with Crippen LogP contribution >= 0.6 is 34.8 Å². The average molecular weight is 523 g/mol. The van der Waals surface area contributed by atoms with Crippen LogP contribution in [-0.4, -0.2) is 15.7 Å². The number of amides is 1. The Hall–Kier alpha value is -3.00. The first kappa shape index (κ1) is 24.1. The van der Waals surface area contributed by atoms with E-state index in [-0.39, 0.29) is 12.4 Å². The van der Waals surface area contributed by atoms with Gasteiger partial charge in [-0.15, -0.1) is 0 Å². The highest BCUT2D eigenvalue weighted by molar-refractivity contribution is 6.42. The molecule has 0 saturated carbocycles. The third kappa shape index (κ3) is 5.22. The molecule has 0 atom stereocenters. The Morgan fingerprint density at radius 1 is 1.12 bits per heavy atom. The summed E-state index contributed by atoms with van der Waals surface area (Å²) in [5.41, 5.74) is 2.61. The number of nitrogens with zero attached hydrogens (tertiary/aromatic N) is 2. The Morgan fingerprint density at radius 3 is 2.68 bits per heavy atom. The summed E-state index contributed by atoms with van der Waals surface area (Å²) in [5, 5.41) is 8.31. The number of aromatic nitrogens is 2. The lowest BCUT2D eigenvalue weighted by Crippen LogP contribution is -2.12. The molecule has 2 aromatic heterocycles. The number of hydrogen-bond donors (Lipinski definition) is 1. The molecule has 4 rings (SSSR count). The van der Waals surface area contributed by atoms with Gasteiger partial charge >= 0.3 is 0 Å². The van der Waals surface area contributed by atoms with E-state index in [1.54, 1.807) is 48.0 Å². The van der Waals surface area contributed by atoms with Crippen LogP contribution in [0.1, 0.15) is 33.3 Å². The number of carbonyl (C=O) groups is 1. The third-order valence-electron chi connectivity index (χ3n) is 5.13. The molecule has 34 heavy (non-hydrogen) atoms. The van der Waals surface area contributed by atoms with E-state index in [0.717, 1.165) is 5.69 Å². The summed E-state index contributed by atoms with van der Waals surface area (Å²) >= 11 is 18.2. The summed E-state index contributed by atoms with van der Waals surface area (Å²) in [7, 11) is 0. The molecule has 0 aliphatic heterocycles. The molecule has 0 radical (unpaired) electrons. The Morgan fingerprint density at radius 2 is 1.91 bits per heavy atom. The van der Waals surface area contributed by atoms with Crippen LogP contribution in [0.3, 0.4) is 0 Å². The fraction of sp³-hybridized carbons (Fsp3) is 0.167. The van der Waals surface area contributed by atoms with Gasteiger partial charge in [0.2, 0.25) is 0 Å². The van der Waals surface area contributed by atoms with Crippen molar-refractivity contribution in [2.45, 2.75) is 27.0 Å². The standard InChI is InChI=1S/C24H19Cl3FN3O3/c1-13-23(14(2)31(30-13)11-15-6-7-16(28)10-19(15)26)29-24(32)21-9-8-17(34-21)12-33-20-5-3-4-18(25)22(20)27/h3-10H,11-12H2,1-2H3,(H,29,32). The first-order valence-electron chi connectivity index (χ1n) is 10.2. The molecule has 1 amide bonds. The molecule has 10 heteroatoms. The summed E-state index contributed by atoms with van der Waals surface area (Å²) in [5.74, 6) is 0.128. The summed E-state index contributed by atoms with van der Waals surface area (Å²) < 4.78 is 26.3. The van der Waals surface area contributed by atoms with Crippen LogP contribution in [0.25, 0.3) is 0 Å². The average Bonchev–Trinajstić information content (AvgIpc) is 3.37. The van der Waals surface area contributed by atoms with Crippen molar-refractivity contribution in [2.75, 3.05) is 5.32 Å². The van der Waals surface area contributed by atoms with Gasteiger partial charge < -0.3 is 14.5 Å². The highest BCUT2D eigenvalue weighted by Crippen LogP contribution is 2.32. The molecule has 0 spiro atoms. The van der Waals surface area contributed by atoms with Gasteiger partial charge in [-0.3, -0.25) is 9.48 Å². The molecule has 0 aliphatic carbocycles. The fourth-order valence-electron chi connectivity index (χ4n) is 3.34. The lowest BCUT2D eigenvalue weighted by molar-refractivity contribution is 0.0992. The summed E-state index contributed by atoms with van der Waals surface area (Å²) in [6.45, 7) is 4.00. The van der Waals surface area contributed by atoms with Crippen molar-refractivity contribution >= 4 is 46.4 Å². The van der Waals surface area contributed by atoms with Gasteiger partial charge in [-0.2, -0.15) is 5.10 Å². The predicted molar refractivity (Wildman–Crippen MR) is 130 cm³/mol. The fourth-order valence-corrected chi connectivity index (χ4v) is 3.91.